The number of aromatic amines is 1. The highest BCUT2D eigenvalue weighted by atomic mass is 16.5. The Labute approximate surface area is 163 Å². The van der Waals surface area contributed by atoms with Crippen LogP contribution in [0.15, 0.2) is 12.3 Å². The number of methoxy groups -OCH3 is 2. The molecule has 3 heterocycles. The number of H-pyrrole nitrogens is 1. The van der Waals surface area contributed by atoms with Crippen LogP contribution in [0.5, 0.6) is 0 Å². The van der Waals surface area contributed by atoms with Gasteiger partial charge < -0.3 is 14.8 Å². The van der Waals surface area contributed by atoms with Crippen LogP contribution in [0, 0.1) is 6.92 Å². The lowest BCUT2D eigenvalue weighted by Gasteiger charge is -2.26. The molecule has 0 unspecified atom stereocenters. The van der Waals surface area contributed by atoms with E-state index in [-0.39, 0.29) is 0 Å². The van der Waals surface area contributed by atoms with Gasteiger partial charge in [0, 0.05) is 31.9 Å². The molecule has 1 aliphatic carbocycles. The predicted octanol–water partition coefficient (Wildman–Crippen LogP) is 2.92. The minimum atomic E-state index is 0.322. The van der Waals surface area contributed by atoms with Crippen LogP contribution in [0.25, 0.3) is 11.0 Å². The molecular formula is C19H27N7O2. The number of aromatic nitrogens is 6. The fourth-order valence-corrected chi connectivity index (χ4v) is 3.75. The van der Waals surface area contributed by atoms with Crippen LogP contribution >= 0.6 is 0 Å². The van der Waals surface area contributed by atoms with E-state index in [0.717, 1.165) is 59.9 Å². The summed E-state index contributed by atoms with van der Waals surface area (Å²) >= 11 is 0. The van der Waals surface area contributed by atoms with E-state index in [9.17, 15) is 0 Å². The van der Waals surface area contributed by atoms with E-state index >= 15 is 0 Å². The highest BCUT2D eigenvalue weighted by molar-refractivity contribution is 5.88. The summed E-state index contributed by atoms with van der Waals surface area (Å²) in [5, 5.41) is 15.9. The third-order valence-electron chi connectivity index (χ3n) is 5.35. The lowest BCUT2D eigenvalue weighted by molar-refractivity contribution is 0.0651. The van der Waals surface area contributed by atoms with Gasteiger partial charge in [0.05, 0.1) is 30.8 Å². The molecule has 3 aromatic heterocycles. The maximum absolute atomic E-state index is 5.51. The SMILES string of the molecule is COCCn1ncc2c(Nc3cc(C)[nH]n3)nc([C@H]3CC[C@@H](OC)CC3)nc21. The molecule has 0 spiro atoms. The molecule has 4 rings (SSSR count). The highest BCUT2D eigenvalue weighted by Gasteiger charge is 2.26. The van der Waals surface area contributed by atoms with Gasteiger partial charge in [-0.2, -0.15) is 10.2 Å². The Morgan fingerprint density at radius 2 is 2.04 bits per heavy atom. The Bertz CT molecular complexity index is 928. The van der Waals surface area contributed by atoms with Crippen molar-refractivity contribution in [3.8, 4) is 0 Å². The molecule has 1 fully saturated rings. The van der Waals surface area contributed by atoms with Crippen molar-refractivity contribution in [2.24, 2.45) is 0 Å². The van der Waals surface area contributed by atoms with Crippen molar-refractivity contribution in [2.45, 2.75) is 51.2 Å². The number of nitrogens with one attached hydrogen (secondary N) is 2. The Kier molecular flexibility index (Phi) is 5.54. The van der Waals surface area contributed by atoms with Gasteiger partial charge in [-0.05, 0) is 32.6 Å². The number of nitrogens with zero attached hydrogens (tertiary/aromatic N) is 5. The Morgan fingerprint density at radius 1 is 1.21 bits per heavy atom. The first-order valence-corrected chi connectivity index (χ1v) is 9.72. The van der Waals surface area contributed by atoms with Crippen LogP contribution in [-0.2, 0) is 16.0 Å². The number of hydrogen-bond donors (Lipinski definition) is 2. The Hall–Kier alpha value is -2.52. The molecule has 2 N–H and O–H groups in total. The highest BCUT2D eigenvalue weighted by Crippen LogP contribution is 2.34. The third-order valence-corrected chi connectivity index (χ3v) is 5.35. The fourth-order valence-electron chi connectivity index (χ4n) is 3.75. The van der Waals surface area contributed by atoms with Crippen molar-refractivity contribution in [1.29, 1.82) is 0 Å². The number of rotatable bonds is 7. The first-order valence-electron chi connectivity index (χ1n) is 9.72. The van der Waals surface area contributed by atoms with Gasteiger partial charge in [-0.15, -0.1) is 0 Å². The normalized spacial score (nSPS) is 20.0. The topological polar surface area (TPSA) is 103 Å². The summed E-state index contributed by atoms with van der Waals surface area (Å²) in [6.07, 6.45) is 6.27. The number of ether oxygens (including phenoxy) is 2. The monoisotopic (exact) mass is 385 g/mol. The van der Waals surface area contributed by atoms with Crippen molar-refractivity contribution >= 4 is 22.7 Å². The standard InChI is InChI=1S/C19H27N7O2/c1-12-10-16(25-24-12)21-18-15-11-20-26(8-9-27-2)19(15)23-17(22-18)13-4-6-14(28-3)7-5-13/h10-11,13-14H,4-9H2,1-3H3,(H2,21,22,23,24,25)/t13-,14+. The number of aryl methyl sites for hydroxylation is 1. The third kappa shape index (κ3) is 3.85. The zero-order valence-electron chi connectivity index (χ0n) is 16.6. The van der Waals surface area contributed by atoms with Gasteiger partial charge in [0.25, 0.3) is 0 Å². The molecule has 0 saturated heterocycles. The summed E-state index contributed by atoms with van der Waals surface area (Å²) < 4.78 is 12.6. The predicted molar refractivity (Wildman–Crippen MR) is 106 cm³/mol. The second-order valence-electron chi connectivity index (χ2n) is 7.30. The molecule has 9 heteroatoms. The minimum absolute atomic E-state index is 0.322. The van der Waals surface area contributed by atoms with Crippen molar-refractivity contribution in [2.75, 3.05) is 26.1 Å². The molecule has 0 bridgehead atoms. The molecule has 1 aliphatic rings. The van der Waals surface area contributed by atoms with E-state index < -0.39 is 0 Å². The average molecular weight is 385 g/mol. The van der Waals surface area contributed by atoms with Crippen molar-refractivity contribution in [1.82, 2.24) is 29.9 Å². The Balaban J connectivity index is 1.70. The summed E-state index contributed by atoms with van der Waals surface area (Å²) in [5.74, 6) is 2.65. The quantitative estimate of drug-likeness (QED) is 0.644. The molecule has 3 aromatic rings. The molecule has 9 nitrogen and oxygen atoms in total. The second-order valence-corrected chi connectivity index (χ2v) is 7.30. The smallest absolute Gasteiger partial charge is 0.163 e. The van der Waals surface area contributed by atoms with Crippen LogP contribution in [-0.4, -0.2) is 56.9 Å². The molecular weight excluding hydrogens is 358 g/mol. The summed E-state index contributed by atoms with van der Waals surface area (Å²) in [7, 11) is 3.48. The first kappa shape index (κ1) is 18.8. The number of anilines is 2. The van der Waals surface area contributed by atoms with Gasteiger partial charge >= 0.3 is 0 Å². The maximum atomic E-state index is 5.51. The van der Waals surface area contributed by atoms with Gasteiger partial charge in [-0.25, -0.2) is 14.6 Å². The zero-order chi connectivity index (χ0) is 19.5. The molecule has 150 valence electrons. The zero-order valence-corrected chi connectivity index (χ0v) is 16.6. The lowest BCUT2D eigenvalue weighted by Crippen LogP contribution is -2.21. The number of fused-ring (bicyclic) bond motifs is 1. The Morgan fingerprint density at radius 3 is 2.71 bits per heavy atom. The summed E-state index contributed by atoms with van der Waals surface area (Å²) in [4.78, 5) is 9.77. The second kappa shape index (κ2) is 8.24. The van der Waals surface area contributed by atoms with Gasteiger partial charge in [0.1, 0.15) is 11.6 Å². The minimum Gasteiger partial charge on any atom is -0.383 e. The van der Waals surface area contributed by atoms with E-state index in [1.807, 2.05) is 17.7 Å². The van der Waals surface area contributed by atoms with Crippen LogP contribution in [0.3, 0.4) is 0 Å². The van der Waals surface area contributed by atoms with Gasteiger partial charge in [0.2, 0.25) is 0 Å². The first-order chi connectivity index (χ1) is 13.7. The lowest BCUT2D eigenvalue weighted by atomic mass is 9.87. The van der Waals surface area contributed by atoms with Gasteiger partial charge in [-0.1, -0.05) is 0 Å². The summed E-state index contributed by atoms with van der Waals surface area (Å²) in [6.45, 7) is 3.19. The molecule has 0 aromatic carbocycles. The summed E-state index contributed by atoms with van der Waals surface area (Å²) in [6, 6.07) is 1.95. The molecule has 0 amide bonds. The molecule has 0 radical (unpaired) electrons. The van der Waals surface area contributed by atoms with Gasteiger partial charge in [0.15, 0.2) is 11.5 Å². The van der Waals surface area contributed by atoms with Crippen molar-refractivity contribution in [3.05, 3.63) is 23.8 Å². The van der Waals surface area contributed by atoms with Crippen LogP contribution < -0.4 is 5.32 Å². The maximum Gasteiger partial charge on any atom is 0.163 e. The molecule has 28 heavy (non-hydrogen) atoms. The molecule has 0 aliphatic heterocycles. The van der Waals surface area contributed by atoms with Crippen LogP contribution in [0.4, 0.5) is 11.6 Å². The van der Waals surface area contributed by atoms with Crippen molar-refractivity contribution in [3.63, 3.8) is 0 Å². The van der Waals surface area contributed by atoms with E-state index in [4.69, 9.17) is 19.4 Å². The van der Waals surface area contributed by atoms with Gasteiger partial charge in [-0.3, -0.25) is 5.10 Å². The van der Waals surface area contributed by atoms with E-state index in [0.29, 0.717) is 25.2 Å². The average Bonchev–Trinajstić information content (AvgIpc) is 3.32. The van der Waals surface area contributed by atoms with Crippen molar-refractivity contribution < 1.29 is 9.47 Å². The fraction of sp³-hybridized carbons (Fsp3) is 0.579. The van der Waals surface area contributed by atoms with Crippen LogP contribution in [0.2, 0.25) is 0 Å². The van der Waals surface area contributed by atoms with Crippen LogP contribution in [0.1, 0.15) is 43.1 Å². The number of hydrogen-bond acceptors (Lipinski definition) is 7. The van der Waals surface area contributed by atoms with E-state index in [2.05, 4.69) is 20.6 Å². The molecule has 1 saturated carbocycles. The summed E-state index contributed by atoms with van der Waals surface area (Å²) in [5.41, 5.74) is 1.81. The van der Waals surface area contributed by atoms with E-state index in [1.165, 1.54) is 0 Å². The molecule has 0 atom stereocenters. The largest absolute Gasteiger partial charge is 0.383 e. The van der Waals surface area contributed by atoms with E-state index in [1.54, 1.807) is 20.4 Å².